The Bertz CT molecular complexity index is 325. The molecule has 1 heterocycles. The van der Waals surface area contributed by atoms with Crippen LogP contribution >= 0.6 is 0 Å². The minimum absolute atomic E-state index is 0.109. The summed E-state index contributed by atoms with van der Waals surface area (Å²) in [6.07, 6.45) is 0. The van der Waals surface area contributed by atoms with E-state index in [4.69, 9.17) is 10.5 Å². The first-order chi connectivity index (χ1) is 5.61. The van der Waals surface area contributed by atoms with Crippen LogP contribution < -0.4 is 10.5 Å². The topological polar surface area (TPSA) is 35.2 Å². The fraction of sp³-hybridized carbons (Fsp3) is 0.250. The Labute approximate surface area is 67.9 Å². The summed E-state index contributed by atoms with van der Waals surface area (Å²) in [5, 5.41) is 0. The van der Waals surface area contributed by atoms with Crippen molar-refractivity contribution in [2.45, 2.75) is 5.92 Å². The van der Waals surface area contributed by atoms with Crippen LogP contribution in [0.4, 0.5) is 14.5 Å². The predicted octanol–water partition coefficient (Wildman–Crippen LogP) is 1.75. The molecule has 2 N–H and O–H groups in total. The van der Waals surface area contributed by atoms with E-state index in [-0.39, 0.29) is 17.0 Å². The molecule has 4 heteroatoms. The Morgan fingerprint density at radius 3 is 2.83 bits per heavy atom. The average molecular weight is 171 g/mol. The monoisotopic (exact) mass is 171 g/mol. The zero-order valence-electron chi connectivity index (χ0n) is 6.18. The lowest BCUT2D eigenvalue weighted by molar-refractivity contribution is -0.0213. The second-order valence-electron chi connectivity index (χ2n) is 2.72. The van der Waals surface area contributed by atoms with Crippen LogP contribution in [-0.2, 0) is 5.92 Å². The average Bonchev–Trinajstić information content (AvgIpc) is 2.30. The number of hydrogen-bond acceptors (Lipinski definition) is 2. The Hall–Kier alpha value is -1.32. The van der Waals surface area contributed by atoms with Gasteiger partial charge in [0.2, 0.25) is 0 Å². The van der Waals surface area contributed by atoms with Crippen LogP contribution in [0.25, 0.3) is 0 Å². The number of nitrogens with two attached hydrogens (primary N) is 1. The van der Waals surface area contributed by atoms with Gasteiger partial charge in [0, 0.05) is 0 Å². The largest absolute Gasteiger partial charge is 0.484 e. The molecule has 2 nitrogen and oxygen atoms in total. The molecule has 0 aromatic heterocycles. The maximum atomic E-state index is 12.9. The van der Waals surface area contributed by atoms with Crippen LogP contribution in [0.3, 0.4) is 0 Å². The minimum atomic E-state index is -2.88. The van der Waals surface area contributed by atoms with Gasteiger partial charge in [-0.2, -0.15) is 8.78 Å². The highest BCUT2D eigenvalue weighted by molar-refractivity contribution is 5.59. The third-order valence-electron chi connectivity index (χ3n) is 1.84. The van der Waals surface area contributed by atoms with E-state index in [1.54, 1.807) is 6.07 Å². The molecule has 1 aliphatic rings. The van der Waals surface area contributed by atoms with Crippen molar-refractivity contribution in [1.29, 1.82) is 0 Å². The first kappa shape index (κ1) is 7.34. The van der Waals surface area contributed by atoms with Crippen molar-refractivity contribution in [3.05, 3.63) is 23.8 Å². The molecule has 0 saturated carbocycles. The summed E-state index contributed by atoms with van der Waals surface area (Å²) in [7, 11) is 0. The van der Waals surface area contributed by atoms with Crippen molar-refractivity contribution in [2.24, 2.45) is 0 Å². The molecule has 0 saturated heterocycles. The summed E-state index contributed by atoms with van der Waals surface area (Å²) < 4.78 is 30.6. The lowest BCUT2D eigenvalue weighted by atomic mass is 10.1. The normalized spacial score (nSPS) is 18.5. The van der Waals surface area contributed by atoms with Gasteiger partial charge >= 0.3 is 5.92 Å². The second kappa shape index (κ2) is 2.09. The van der Waals surface area contributed by atoms with Crippen molar-refractivity contribution in [3.8, 4) is 5.75 Å². The van der Waals surface area contributed by atoms with E-state index < -0.39 is 12.5 Å². The van der Waals surface area contributed by atoms with Gasteiger partial charge < -0.3 is 10.5 Å². The third kappa shape index (κ3) is 0.841. The van der Waals surface area contributed by atoms with Gasteiger partial charge in [-0.3, -0.25) is 0 Å². The van der Waals surface area contributed by atoms with Gasteiger partial charge in [0.1, 0.15) is 0 Å². The molecule has 0 bridgehead atoms. The van der Waals surface area contributed by atoms with Crippen LogP contribution in [0.1, 0.15) is 5.56 Å². The van der Waals surface area contributed by atoms with E-state index >= 15 is 0 Å². The molecule has 0 atom stereocenters. The van der Waals surface area contributed by atoms with E-state index in [0.29, 0.717) is 0 Å². The molecule has 0 fully saturated rings. The molecule has 0 radical (unpaired) electrons. The number of rotatable bonds is 0. The fourth-order valence-corrected chi connectivity index (χ4v) is 1.24. The summed E-state index contributed by atoms with van der Waals surface area (Å²) >= 11 is 0. The van der Waals surface area contributed by atoms with Crippen LogP contribution in [0.2, 0.25) is 0 Å². The van der Waals surface area contributed by atoms with Crippen molar-refractivity contribution < 1.29 is 13.5 Å². The lowest BCUT2D eigenvalue weighted by Gasteiger charge is -2.05. The zero-order chi connectivity index (χ0) is 8.77. The Kier molecular flexibility index (Phi) is 1.28. The number of alkyl halides is 2. The lowest BCUT2D eigenvalue weighted by Crippen LogP contribution is -2.14. The highest BCUT2D eigenvalue weighted by atomic mass is 19.3. The molecule has 0 amide bonds. The van der Waals surface area contributed by atoms with Crippen molar-refractivity contribution >= 4 is 5.69 Å². The summed E-state index contributed by atoms with van der Waals surface area (Å²) in [5.41, 5.74) is 5.59. The number of ether oxygens (including phenoxy) is 1. The van der Waals surface area contributed by atoms with Gasteiger partial charge in [-0.1, -0.05) is 6.07 Å². The molecular formula is C8H7F2NO. The number of fused-ring (bicyclic) bond motifs is 1. The number of para-hydroxylation sites is 1. The van der Waals surface area contributed by atoms with Crippen molar-refractivity contribution in [2.75, 3.05) is 12.3 Å². The summed E-state index contributed by atoms with van der Waals surface area (Å²) in [4.78, 5) is 0. The highest BCUT2D eigenvalue weighted by Gasteiger charge is 2.42. The summed E-state index contributed by atoms with van der Waals surface area (Å²) in [6, 6.07) is 4.37. The Morgan fingerprint density at radius 2 is 2.17 bits per heavy atom. The molecule has 0 unspecified atom stereocenters. The molecule has 64 valence electrons. The number of benzene rings is 1. The van der Waals surface area contributed by atoms with Crippen LogP contribution in [0, 0.1) is 0 Å². The first-order valence-corrected chi connectivity index (χ1v) is 3.51. The smallest absolute Gasteiger partial charge is 0.310 e. The van der Waals surface area contributed by atoms with Gasteiger partial charge in [0.05, 0.1) is 11.3 Å². The number of anilines is 1. The first-order valence-electron chi connectivity index (χ1n) is 3.51. The Morgan fingerprint density at radius 1 is 1.42 bits per heavy atom. The van der Waals surface area contributed by atoms with Gasteiger partial charge in [-0.15, -0.1) is 0 Å². The molecule has 2 rings (SSSR count). The van der Waals surface area contributed by atoms with Gasteiger partial charge in [-0.05, 0) is 12.1 Å². The zero-order valence-corrected chi connectivity index (χ0v) is 6.18. The van der Waals surface area contributed by atoms with Gasteiger partial charge in [0.15, 0.2) is 12.4 Å². The fourth-order valence-electron chi connectivity index (χ4n) is 1.24. The number of nitrogen functional groups attached to an aromatic ring is 1. The van der Waals surface area contributed by atoms with E-state index in [2.05, 4.69) is 0 Å². The second-order valence-corrected chi connectivity index (χ2v) is 2.72. The molecule has 0 spiro atoms. The third-order valence-corrected chi connectivity index (χ3v) is 1.84. The van der Waals surface area contributed by atoms with Crippen molar-refractivity contribution in [1.82, 2.24) is 0 Å². The van der Waals surface area contributed by atoms with E-state index in [0.717, 1.165) is 0 Å². The number of halogens is 2. The quantitative estimate of drug-likeness (QED) is 0.603. The Balaban J connectivity index is 2.61. The van der Waals surface area contributed by atoms with Gasteiger partial charge in [-0.25, -0.2) is 0 Å². The summed E-state index contributed by atoms with van der Waals surface area (Å²) in [6.45, 7) is -0.601. The maximum Gasteiger partial charge on any atom is 0.310 e. The molecular weight excluding hydrogens is 164 g/mol. The van der Waals surface area contributed by atoms with Crippen molar-refractivity contribution in [3.63, 3.8) is 0 Å². The molecule has 0 aliphatic carbocycles. The van der Waals surface area contributed by atoms with Crippen LogP contribution in [0.5, 0.6) is 5.75 Å². The predicted molar refractivity (Wildman–Crippen MR) is 40.2 cm³/mol. The van der Waals surface area contributed by atoms with Crippen LogP contribution in [0.15, 0.2) is 18.2 Å². The SMILES string of the molecule is Nc1cccc2c1OCC2(F)F. The van der Waals surface area contributed by atoms with E-state index in [1.807, 2.05) is 0 Å². The highest BCUT2D eigenvalue weighted by Crippen LogP contribution is 2.43. The maximum absolute atomic E-state index is 12.9. The van der Waals surface area contributed by atoms with E-state index in [9.17, 15) is 8.78 Å². The minimum Gasteiger partial charge on any atom is -0.484 e. The van der Waals surface area contributed by atoms with Crippen LogP contribution in [-0.4, -0.2) is 6.61 Å². The standard InChI is InChI=1S/C8H7F2NO/c9-8(10)4-12-7-5(8)2-1-3-6(7)11/h1-3H,4,11H2. The molecule has 1 aromatic carbocycles. The summed E-state index contributed by atoms with van der Waals surface area (Å²) in [5.74, 6) is -2.76. The molecule has 12 heavy (non-hydrogen) atoms. The number of hydrogen-bond donors (Lipinski definition) is 1. The molecule has 1 aliphatic heterocycles. The van der Waals surface area contributed by atoms with Gasteiger partial charge in [0.25, 0.3) is 0 Å². The molecule has 1 aromatic rings. The van der Waals surface area contributed by atoms with E-state index in [1.165, 1.54) is 12.1 Å².